The van der Waals surface area contributed by atoms with Gasteiger partial charge in [-0.15, -0.1) is 0 Å². The fraction of sp³-hybridized carbons (Fsp3) is 0.500. The van der Waals surface area contributed by atoms with Crippen LogP contribution in [0.5, 0.6) is 5.75 Å². The summed E-state index contributed by atoms with van der Waals surface area (Å²) in [6.07, 6.45) is -1.37. The minimum atomic E-state index is -1.83. The van der Waals surface area contributed by atoms with E-state index in [1.807, 2.05) is 0 Å². The van der Waals surface area contributed by atoms with Gasteiger partial charge in [-0.2, -0.15) is 0 Å². The monoisotopic (exact) mass is 443 g/mol. The number of aliphatic hydroxyl groups excluding tert-OH is 1. The predicted octanol–water partition coefficient (Wildman–Crippen LogP) is -1.13. The summed E-state index contributed by atoms with van der Waals surface area (Å²) >= 11 is 0. The average molecular weight is 443 g/mol. The Balaban J connectivity index is 1.91. The van der Waals surface area contributed by atoms with E-state index in [9.17, 15) is 34.2 Å². The molecule has 0 radical (unpaired) electrons. The molecule has 6 N–H and O–H groups in total. The molecule has 1 aromatic rings. The van der Waals surface area contributed by atoms with Gasteiger partial charge in [-0.3, -0.25) is 28.9 Å². The maximum absolute atomic E-state index is 13.6. The molecule has 0 spiro atoms. The van der Waals surface area contributed by atoms with E-state index >= 15 is 0 Å². The normalized spacial score (nSPS) is 36.5. The summed E-state index contributed by atoms with van der Waals surface area (Å²) in [6.45, 7) is 1.71. The SMILES string of the molecule is C[C@H]1c2ccc(N)c(O)c2C(=O)C2C(=O)C3C(=O)C(C(N)=O)C(=O)[C@@H](N(C)C)C3[C@@H](O)C21. The highest BCUT2D eigenvalue weighted by molar-refractivity contribution is 6.29. The van der Waals surface area contributed by atoms with Gasteiger partial charge in [0.15, 0.2) is 29.1 Å². The number of rotatable bonds is 2. The Kier molecular flexibility index (Phi) is 4.98. The van der Waals surface area contributed by atoms with Crippen molar-refractivity contribution in [2.24, 2.45) is 35.3 Å². The molecule has 1 amide bonds. The Labute approximate surface area is 183 Å². The number of ketones is 4. The molecule has 10 heteroatoms. The number of likely N-dealkylation sites (N-methyl/N-ethyl adjacent to an activating group) is 1. The molecule has 0 heterocycles. The highest BCUT2D eigenvalue weighted by Crippen LogP contribution is 2.53. The summed E-state index contributed by atoms with van der Waals surface area (Å²) in [5, 5.41) is 21.8. The number of hydrogen-bond acceptors (Lipinski definition) is 9. The fourth-order valence-electron chi connectivity index (χ4n) is 5.99. The van der Waals surface area contributed by atoms with E-state index in [0.29, 0.717) is 5.56 Å². The lowest BCUT2D eigenvalue weighted by atomic mass is 9.51. The number of carbonyl (C=O) groups excluding carboxylic acids is 5. The number of anilines is 1. The lowest BCUT2D eigenvalue weighted by molar-refractivity contribution is -0.167. The van der Waals surface area contributed by atoms with Gasteiger partial charge in [0, 0.05) is 11.8 Å². The third kappa shape index (κ3) is 2.69. The van der Waals surface area contributed by atoms with Crippen LogP contribution in [0.15, 0.2) is 12.1 Å². The van der Waals surface area contributed by atoms with E-state index in [1.54, 1.807) is 27.1 Å². The Morgan fingerprint density at radius 2 is 1.62 bits per heavy atom. The van der Waals surface area contributed by atoms with E-state index in [1.165, 1.54) is 11.0 Å². The zero-order valence-electron chi connectivity index (χ0n) is 17.8. The van der Waals surface area contributed by atoms with Crippen LogP contribution in [0.25, 0.3) is 0 Å². The molecule has 3 aliphatic carbocycles. The van der Waals surface area contributed by atoms with Crippen molar-refractivity contribution in [3.05, 3.63) is 23.3 Å². The molecule has 10 nitrogen and oxygen atoms in total. The second-order valence-corrected chi connectivity index (χ2v) is 9.17. The fourth-order valence-corrected chi connectivity index (χ4v) is 5.99. The first-order chi connectivity index (χ1) is 14.9. The van der Waals surface area contributed by atoms with Crippen molar-refractivity contribution in [1.82, 2.24) is 4.90 Å². The molecule has 0 saturated heterocycles. The van der Waals surface area contributed by atoms with Crippen molar-refractivity contribution in [2.75, 3.05) is 19.8 Å². The third-order valence-corrected chi connectivity index (χ3v) is 7.38. The van der Waals surface area contributed by atoms with Crippen LogP contribution in [0.3, 0.4) is 0 Å². The highest BCUT2D eigenvalue weighted by Gasteiger charge is 2.65. The van der Waals surface area contributed by atoms with Crippen molar-refractivity contribution >= 4 is 34.7 Å². The van der Waals surface area contributed by atoms with E-state index in [0.717, 1.165) is 0 Å². The van der Waals surface area contributed by atoms with Gasteiger partial charge >= 0.3 is 0 Å². The maximum atomic E-state index is 13.6. The molecule has 0 bridgehead atoms. The number of nitrogens with two attached hydrogens (primary N) is 2. The summed E-state index contributed by atoms with van der Waals surface area (Å²) in [6, 6.07) is 1.89. The molecule has 0 aliphatic heterocycles. The van der Waals surface area contributed by atoms with Crippen LogP contribution in [0, 0.1) is 29.6 Å². The van der Waals surface area contributed by atoms with Crippen LogP contribution in [-0.2, 0) is 19.2 Å². The minimum Gasteiger partial charge on any atom is -0.505 e. The van der Waals surface area contributed by atoms with Gasteiger partial charge in [0.05, 0.1) is 35.2 Å². The molecular formula is C22H25N3O7. The zero-order chi connectivity index (χ0) is 23.8. The first-order valence-electron chi connectivity index (χ1n) is 10.3. The van der Waals surface area contributed by atoms with E-state index < -0.39 is 82.4 Å². The van der Waals surface area contributed by atoms with Crippen molar-refractivity contribution in [2.45, 2.75) is 25.0 Å². The summed E-state index contributed by atoms with van der Waals surface area (Å²) in [5.41, 5.74) is 11.3. The minimum absolute atomic E-state index is 0.0368. The van der Waals surface area contributed by atoms with Gasteiger partial charge in [0.2, 0.25) is 5.91 Å². The molecular weight excluding hydrogens is 418 g/mol. The summed E-state index contributed by atoms with van der Waals surface area (Å²) in [5.74, 6) is -12.3. The van der Waals surface area contributed by atoms with Gasteiger partial charge in [-0.25, -0.2) is 0 Å². The maximum Gasteiger partial charge on any atom is 0.235 e. The van der Waals surface area contributed by atoms with Crippen LogP contribution < -0.4 is 11.5 Å². The first kappa shape index (κ1) is 22.1. The molecule has 0 aromatic heterocycles. The Morgan fingerprint density at radius 1 is 1.00 bits per heavy atom. The van der Waals surface area contributed by atoms with E-state index in [-0.39, 0.29) is 11.3 Å². The standard InChI is InChI=1S/C22H25N3O7/c1-6-7-4-5-8(23)16(26)10(7)18(28)12-9(6)17(27)11-13(19(12)29)20(30)14(22(24)32)21(31)15(11)25(2)3/h4-6,9,11-15,17,26-27H,23H2,1-3H3,(H2,24,32)/t6-,9?,11?,12?,13?,14?,15-,17-/m0/s1. The van der Waals surface area contributed by atoms with Gasteiger partial charge in [-0.1, -0.05) is 13.0 Å². The zero-order valence-corrected chi connectivity index (χ0v) is 17.8. The number of phenols is 1. The quantitative estimate of drug-likeness (QED) is 0.250. The van der Waals surface area contributed by atoms with E-state index in [2.05, 4.69) is 0 Å². The molecule has 5 unspecified atom stereocenters. The van der Waals surface area contributed by atoms with Gasteiger partial charge in [0.1, 0.15) is 5.75 Å². The molecule has 2 saturated carbocycles. The molecule has 8 atom stereocenters. The number of fused-ring (bicyclic) bond motifs is 3. The van der Waals surface area contributed by atoms with Crippen molar-refractivity contribution < 1.29 is 34.2 Å². The number of aromatic hydroxyl groups is 1. The predicted molar refractivity (Wildman–Crippen MR) is 110 cm³/mol. The van der Waals surface area contributed by atoms with Crippen LogP contribution in [0.1, 0.15) is 28.8 Å². The number of nitrogen functional groups attached to an aromatic ring is 1. The molecule has 2 fully saturated rings. The van der Waals surface area contributed by atoms with Crippen molar-refractivity contribution in [3.63, 3.8) is 0 Å². The van der Waals surface area contributed by atoms with Gasteiger partial charge in [0.25, 0.3) is 0 Å². The Bertz CT molecular complexity index is 1080. The summed E-state index contributed by atoms with van der Waals surface area (Å²) in [7, 11) is 3.09. The van der Waals surface area contributed by atoms with Crippen LogP contribution in [0.2, 0.25) is 0 Å². The number of Topliss-reactive ketones (excluding diaryl/α,β-unsaturated/α-hetero) is 4. The summed E-state index contributed by atoms with van der Waals surface area (Å²) < 4.78 is 0. The number of hydrogen-bond donors (Lipinski definition) is 4. The first-order valence-corrected chi connectivity index (χ1v) is 10.3. The Hall–Kier alpha value is -3.11. The number of aliphatic hydroxyl groups is 1. The molecule has 4 rings (SSSR count). The molecule has 1 aromatic carbocycles. The third-order valence-electron chi connectivity index (χ3n) is 7.38. The molecule has 170 valence electrons. The number of phenolic OH excluding ortho intramolecular Hbond substituents is 1. The number of benzene rings is 1. The number of carbonyl (C=O) groups is 5. The smallest absolute Gasteiger partial charge is 0.235 e. The number of primary amides is 1. The lowest BCUT2D eigenvalue weighted by Gasteiger charge is -2.52. The molecule has 3 aliphatic rings. The number of nitrogens with zero attached hydrogens (tertiary/aromatic N) is 1. The average Bonchev–Trinajstić information content (AvgIpc) is 2.69. The topological polar surface area (TPSA) is 181 Å². The number of amides is 1. The van der Waals surface area contributed by atoms with Crippen LogP contribution >= 0.6 is 0 Å². The van der Waals surface area contributed by atoms with Gasteiger partial charge < -0.3 is 21.7 Å². The molecule has 32 heavy (non-hydrogen) atoms. The van der Waals surface area contributed by atoms with Crippen molar-refractivity contribution in [3.8, 4) is 5.75 Å². The van der Waals surface area contributed by atoms with Crippen LogP contribution in [-0.4, -0.2) is 70.4 Å². The van der Waals surface area contributed by atoms with E-state index in [4.69, 9.17) is 11.5 Å². The van der Waals surface area contributed by atoms with Gasteiger partial charge in [-0.05, 0) is 31.6 Å². The van der Waals surface area contributed by atoms with Crippen molar-refractivity contribution in [1.29, 1.82) is 0 Å². The second-order valence-electron chi connectivity index (χ2n) is 9.17. The van der Waals surface area contributed by atoms with Crippen LogP contribution in [0.4, 0.5) is 5.69 Å². The summed E-state index contributed by atoms with van der Waals surface area (Å²) in [4.78, 5) is 66.5. The Morgan fingerprint density at radius 3 is 2.19 bits per heavy atom. The lowest BCUT2D eigenvalue weighted by Crippen LogP contribution is -2.69. The largest absolute Gasteiger partial charge is 0.505 e. The second kappa shape index (κ2) is 7.21. The highest BCUT2D eigenvalue weighted by atomic mass is 16.3.